The predicted octanol–water partition coefficient (Wildman–Crippen LogP) is 3.79. The van der Waals surface area contributed by atoms with E-state index in [1.54, 1.807) is 41.2 Å². The van der Waals surface area contributed by atoms with E-state index in [-0.39, 0.29) is 4.90 Å². The molecule has 29 heavy (non-hydrogen) atoms. The Morgan fingerprint density at radius 2 is 1.66 bits per heavy atom. The molecule has 0 aliphatic heterocycles. The zero-order chi connectivity index (χ0) is 20.8. The van der Waals surface area contributed by atoms with Crippen molar-refractivity contribution in [1.82, 2.24) is 14.1 Å². The van der Waals surface area contributed by atoms with Crippen LogP contribution in [-0.4, -0.2) is 41.7 Å². The number of rotatable bonds is 4. The van der Waals surface area contributed by atoms with Gasteiger partial charge < -0.3 is 5.11 Å². The molecule has 0 amide bonds. The summed E-state index contributed by atoms with van der Waals surface area (Å²) in [5.41, 5.74) is 3.13. The van der Waals surface area contributed by atoms with Gasteiger partial charge in [0.1, 0.15) is 0 Å². The Balaban J connectivity index is 1.71. The highest BCUT2D eigenvalue weighted by Crippen LogP contribution is 2.28. The minimum Gasteiger partial charge on any atom is -0.505 e. The third-order valence-corrected chi connectivity index (χ3v) is 6.54. The first-order chi connectivity index (χ1) is 13.8. The second kappa shape index (κ2) is 6.98. The maximum absolute atomic E-state index is 13.3. The largest absolute Gasteiger partial charge is 0.505 e. The number of phenolic OH excluding ortho intramolecular Hbond substituents is 1. The van der Waals surface area contributed by atoms with Crippen molar-refractivity contribution in [2.24, 2.45) is 0 Å². The fraction of sp³-hybridized carbons (Fsp3) is 0.0952. The van der Waals surface area contributed by atoms with E-state index in [9.17, 15) is 17.9 Å². The van der Waals surface area contributed by atoms with E-state index in [2.05, 4.69) is 5.10 Å². The van der Waals surface area contributed by atoms with Crippen LogP contribution in [-0.2, 0) is 10.0 Å². The van der Waals surface area contributed by atoms with Gasteiger partial charge in [-0.2, -0.15) is 5.10 Å². The molecule has 0 fully saturated rings. The number of halogens is 1. The summed E-state index contributed by atoms with van der Waals surface area (Å²) in [4.78, 5) is 0.233. The lowest BCUT2D eigenvalue weighted by Crippen LogP contribution is -2.22. The standard InChI is InChI=1S/C21H18FN3O3S/c1-24(2)29(27,28)18-7-3-14(4-8-18)15-5-10-20-16(11-15)13-23-25(20)17-6-9-19(22)21(26)12-17/h3-13,26H,1-2H3. The molecular weight excluding hydrogens is 393 g/mol. The topological polar surface area (TPSA) is 75.4 Å². The van der Waals surface area contributed by atoms with E-state index < -0.39 is 21.6 Å². The average Bonchev–Trinajstić information content (AvgIpc) is 3.13. The molecule has 0 aliphatic rings. The number of hydrogen-bond donors (Lipinski definition) is 1. The highest BCUT2D eigenvalue weighted by molar-refractivity contribution is 7.89. The summed E-state index contributed by atoms with van der Waals surface area (Å²) in [5, 5.41) is 14.8. The van der Waals surface area contributed by atoms with Crippen LogP contribution >= 0.6 is 0 Å². The summed E-state index contributed by atoms with van der Waals surface area (Å²) in [5.74, 6) is -1.12. The number of nitrogens with zero attached hydrogens (tertiary/aromatic N) is 3. The van der Waals surface area contributed by atoms with E-state index in [0.717, 1.165) is 22.0 Å². The lowest BCUT2D eigenvalue weighted by Gasteiger charge is -2.11. The van der Waals surface area contributed by atoms with Crippen molar-refractivity contribution in [1.29, 1.82) is 0 Å². The van der Waals surface area contributed by atoms with Gasteiger partial charge >= 0.3 is 0 Å². The maximum atomic E-state index is 13.3. The summed E-state index contributed by atoms with van der Waals surface area (Å²) in [7, 11) is -0.480. The number of phenols is 1. The van der Waals surface area contributed by atoms with Crippen LogP contribution in [0.1, 0.15) is 0 Å². The molecule has 0 spiro atoms. The Morgan fingerprint density at radius 3 is 2.31 bits per heavy atom. The zero-order valence-corrected chi connectivity index (χ0v) is 16.6. The first-order valence-corrected chi connectivity index (χ1v) is 10.2. The van der Waals surface area contributed by atoms with E-state index in [1.807, 2.05) is 18.2 Å². The van der Waals surface area contributed by atoms with Gasteiger partial charge in [-0.05, 0) is 47.5 Å². The Morgan fingerprint density at radius 1 is 0.966 bits per heavy atom. The molecule has 4 rings (SSSR count). The monoisotopic (exact) mass is 411 g/mol. The molecule has 1 heterocycles. The summed E-state index contributed by atoms with van der Waals surface area (Å²) >= 11 is 0. The van der Waals surface area contributed by atoms with Crippen LogP contribution in [0, 0.1) is 5.82 Å². The fourth-order valence-corrected chi connectivity index (χ4v) is 3.98. The number of fused-ring (bicyclic) bond motifs is 1. The number of aromatic hydroxyl groups is 1. The zero-order valence-electron chi connectivity index (χ0n) is 15.7. The van der Waals surface area contributed by atoms with Gasteiger partial charge in [-0.25, -0.2) is 21.8 Å². The van der Waals surface area contributed by atoms with Gasteiger partial charge in [-0.3, -0.25) is 0 Å². The summed E-state index contributed by atoms with van der Waals surface area (Å²) in [6.07, 6.45) is 1.68. The molecule has 0 atom stereocenters. The molecule has 1 aromatic heterocycles. The quantitative estimate of drug-likeness (QED) is 0.554. The van der Waals surface area contributed by atoms with Gasteiger partial charge in [0.15, 0.2) is 11.6 Å². The highest BCUT2D eigenvalue weighted by Gasteiger charge is 2.17. The number of aromatic nitrogens is 2. The van der Waals surface area contributed by atoms with Crippen molar-refractivity contribution in [3.8, 4) is 22.6 Å². The van der Waals surface area contributed by atoms with Crippen LogP contribution in [0.3, 0.4) is 0 Å². The second-order valence-electron chi connectivity index (χ2n) is 6.78. The molecule has 148 valence electrons. The lowest BCUT2D eigenvalue weighted by atomic mass is 10.0. The second-order valence-corrected chi connectivity index (χ2v) is 8.93. The predicted molar refractivity (Wildman–Crippen MR) is 109 cm³/mol. The van der Waals surface area contributed by atoms with Gasteiger partial charge in [0, 0.05) is 25.5 Å². The van der Waals surface area contributed by atoms with Crippen LogP contribution < -0.4 is 0 Å². The van der Waals surface area contributed by atoms with Crippen molar-refractivity contribution < 1.29 is 17.9 Å². The minimum atomic E-state index is -3.47. The number of sulfonamides is 1. The molecule has 3 aromatic carbocycles. The van der Waals surface area contributed by atoms with Crippen LogP contribution in [0.2, 0.25) is 0 Å². The van der Waals surface area contributed by atoms with Crippen molar-refractivity contribution in [3.63, 3.8) is 0 Å². The van der Waals surface area contributed by atoms with Gasteiger partial charge in [-0.1, -0.05) is 18.2 Å². The smallest absolute Gasteiger partial charge is 0.242 e. The van der Waals surface area contributed by atoms with Gasteiger partial charge in [0.05, 0.1) is 22.3 Å². The first kappa shape index (κ1) is 19.1. The molecule has 1 N–H and O–H groups in total. The molecule has 6 nitrogen and oxygen atoms in total. The molecule has 0 radical (unpaired) electrons. The Kier molecular flexibility index (Phi) is 4.60. The third-order valence-electron chi connectivity index (χ3n) is 4.71. The Hall–Kier alpha value is -3.23. The maximum Gasteiger partial charge on any atom is 0.242 e. The molecule has 0 bridgehead atoms. The van der Waals surface area contributed by atoms with Gasteiger partial charge in [-0.15, -0.1) is 0 Å². The molecular formula is C21H18FN3O3S. The number of benzene rings is 3. The van der Waals surface area contributed by atoms with Crippen molar-refractivity contribution >= 4 is 20.9 Å². The van der Waals surface area contributed by atoms with Gasteiger partial charge in [0.25, 0.3) is 0 Å². The molecule has 0 aliphatic carbocycles. The van der Waals surface area contributed by atoms with Crippen molar-refractivity contribution in [2.75, 3.05) is 14.1 Å². The molecule has 4 aromatic rings. The summed E-state index contributed by atoms with van der Waals surface area (Å²) < 4.78 is 40.5. The minimum absolute atomic E-state index is 0.233. The van der Waals surface area contributed by atoms with E-state index >= 15 is 0 Å². The van der Waals surface area contributed by atoms with Gasteiger partial charge in [0.2, 0.25) is 10.0 Å². The van der Waals surface area contributed by atoms with Crippen LogP contribution in [0.4, 0.5) is 4.39 Å². The molecule has 0 saturated heterocycles. The SMILES string of the molecule is CN(C)S(=O)(=O)c1ccc(-c2ccc3c(cnn3-c3ccc(F)c(O)c3)c2)cc1. The van der Waals surface area contributed by atoms with E-state index in [1.165, 1.54) is 30.5 Å². The highest BCUT2D eigenvalue weighted by atomic mass is 32.2. The molecule has 0 saturated carbocycles. The van der Waals surface area contributed by atoms with E-state index in [4.69, 9.17) is 0 Å². The van der Waals surface area contributed by atoms with Crippen LogP contribution in [0.5, 0.6) is 5.75 Å². The first-order valence-electron chi connectivity index (χ1n) is 8.77. The average molecular weight is 411 g/mol. The molecule has 8 heteroatoms. The Labute approximate surface area is 167 Å². The van der Waals surface area contributed by atoms with Crippen LogP contribution in [0.25, 0.3) is 27.7 Å². The summed E-state index contributed by atoms with van der Waals surface area (Å²) in [6, 6.07) is 16.5. The van der Waals surface area contributed by atoms with Crippen molar-refractivity contribution in [2.45, 2.75) is 4.90 Å². The van der Waals surface area contributed by atoms with E-state index in [0.29, 0.717) is 5.69 Å². The number of hydrogen-bond acceptors (Lipinski definition) is 4. The summed E-state index contributed by atoms with van der Waals surface area (Å²) in [6.45, 7) is 0. The third kappa shape index (κ3) is 3.37. The Bertz CT molecular complexity index is 1310. The normalized spacial score (nSPS) is 12.0. The van der Waals surface area contributed by atoms with Crippen LogP contribution in [0.15, 0.2) is 71.8 Å². The van der Waals surface area contributed by atoms with Crippen molar-refractivity contribution in [3.05, 3.63) is 72.7 Å². The molecule has 0 unspecified atom stereocenters. The fourth-order valence-electron chi connectivity index (χ4n) is 3.08. The lowest BCUT2D eigenvalue weighted by molar-refractivity contribution is 0.432.